The maximum atomic E-state index is 13.1. The second kappa shape index (κ2) is 9.45. The van der Waals surface area contributed by atoms with Crippen molar-refractivity contribution in [3.05, 3.63) is 58.0 Å². The van der Waals surface area contributed by atoms with Gasteiger partial charge in [-0.2, -0.15) is 0 Å². The average molecular weight is 455 g/mol. The molecule has 1 aromatic carbocycles. The second-order valence-electron chi connectivity index (χ2n) is 8.25. The van der Waals surface area contributed by atoms with Crippen LogP contribution in [0.4, 0.5) is 5.69 Å². The normalized spacial score (nSPS) is 18.9. The molecule has 10 heteroatoms. The summed E-state index contributed by atoms with van der Waals surface area (Å²) in [7, 11) is 1.54. The van der Waals surface area contributed by atoms with E-state index in [1.54, 1.807) is 46.9 Å². The van der Waals surface area contributed by atoms with Gasteiger partial charge in [0.2, 0.25) is 5.91 Å². The summed E-state index contributed by atoms with van der Waals surface area (Å²) in [5.41, 5.74) is 1.17. The van der Waals surface area contributed by atoms with Crippen LogP contribution in [-0.4, -0.2) is 65.8 Å². The van der Waals surface area contributed by atoms with Crippen LogP contribution < -0.4 is 15.6 Å². The van der Waals surface area contributed by atoms with Gasteiger partial charge in [0.25, 0.3) is 11.5 Å². The van der Waals surface area contributed by atoms with Crippen LogP contribution in [0, 0.1) is 5.92 Å². The van der Waals surface area contributed by atoms with Gasteiger partial charge in [0.1, 0.15) is 24.7 Å². The minimum atomic E-state index is -1.12. The van der Waals surface area contributed by atoms with Gasteiger partial charge in [0.05, 0.1) is 7.11 Å². The number of carbonyl (C=O) groups is 3. The molecule has 3 heterocycles. The molecule has 1 aromatic heterocycles. The first-order chi connectivity index (χ1) is 15.9. The monoisotopic (exact) mass is 455 g/mol. The lowest BCUT2D eigenvalue weighted by Gasteiger charge is -2.42. The number of amides is 2. The number of rotatable bonds is 7. The SMILES string of the molecule is COc1ccc(C(=O)Nc2ccc3n(c2=O)CC2CC3CN(C(=O)COCC(=O)O)C2)cc1. The number of ether oxygens (including phenoxy) is 2. The topological polar surface area (TPSA) is 127 Å². The Morgan fingerprint density at radius 1 is 1.06 bits per heavy atom. The van der Waals surface area contributed by atoms with E-state index in [1.165, 1.54) is 0 Å². The molecule has 2 unspecified atom stereocenters. The molecule has 4 rings (SSSR count). The Kier molecular flexibility index (Phi) is 6.45. The van der Waals surface area contributed by atoms with Crippen LogP contribution in [0.5, 0.6) is 5.75 Å². The quantitative estimate of drug-likeness (QED) is 0.641. The lowest BCUT2D eigenvalue weighted by atomic mass is 9.83. The van der Waals surface area contributed by atoms with Crippen LogP contribution in [-0.2, 0) is 20.9 Å². The van der Waals surface area contributed by atoms with Crippen molar-refractivity contribution in [2.24, 2.45) is 5.92 Å². The van der Waals surface area contributed by atoms with Crippen molar-refractivity contribution < 1.29 is 29.0 Å². The first-order valence-electron chi connectivity index (χ1n) is 10.6. The number of pyridine rings is 1. The number of aliphatic carboxylic acids is 1. The van der Waals surface area contributed by atoms with Gasteiger partial charge >= 0.3 is 5.97 Å². The minimum absolute atomic E-state index is 0.0139. The van der Waals surface area contributed by atoms with E-state index in [0.29, 0.717) is 30.9 Å². The zero-order chi connectivity index (χ0) is 23.5. The molecule has 1 fully saturated rings. The number of carbonyl (C=O) groups excluding carboxylic acids is 2. The van der Waals surface area contributed by atoms with E-state index in [1.807, 2.05) is 6.07 Å². The van der Waals surface area contributed by atoms with E-state index in [9.17, 15) is 19.2 Å². The van der Waals surface area contributed by atoms with Gasteiger partial charge in [-0.1, -0.05) is 0 Å². The lowest BCUT2D eigenvalue weighted by molar-refractivity contribution is -0.146. The third-order valence-corrected chi connectivity index (χ3v) is 6.01. The van der Waals surface area contributed by atoms with Gasteiger partial charge < -0.3 is 29.4 Å². The summed E-state index contributed by atoms with van der Waals surface area (Å²) >= 11 is 0. The number of methoxy groups -OCH3 is 1. The third-order valence-electron chi connectivity index (χ3n) is 6.01. The van der Waals surface area contributed by atoms with E-state index >= 15 is 0 Å². The molecule has 2 amide bonds. The number of fused-ring (bicyclic) bond motifs is 4. The molecule has 0 radical (unpaired) electrons. The molecule has 2 aliphatic heterocycles. The van der Waals surface area contributed by atoms with Crippen LogP contribution in [0.15, 0.2) is 41.2 Å². The van der Waals surface area contributed by atoms with E-state index in [-0.39, 0.29) is 41.5 Å². The number of nitrogens with one attached hydrogen (secondary N) is 1. The summed E-state index contributed by atoms with van der Waals surface area (Å²) < 4.78 is 11.7. The maximum Gasteiger partial charge on any atom is 0.329 e. The number of hydrogen-bond donors (Lipinski definition) is 2. The predicted molar refractivity (Wildman–Crippen MR) is 118 cm³/mol. The van der Waals surface area contributed by atoms with Crippen molar-refractivity contribution in [2.75, 3.05) is 38.7 Å². The fraction of sp³-hybridized carbons (Fsp3) is 0.391. The Bertz CT molecular complexity index is 1130. The molecule has 0 spiro atoms. The molecule has 2 atom stereocenters. The second-order valence-corrected chi connectivity index (χ2v) is 8.25. The van der Waals surface area contributed by atoms with E-state index < -0.39 is 12.6 Å². The zero-order valence-electron chi connectivity index (χ0n) is 18.2. The van der Waals surface area contributed by atoms with Gasteiger partial charge in [0.15, 0.2) is 0 Å². The molecule has 2 aliphatic rings. The highest BCUT2D eigenvalue weighted by atomic mass is 16.5. The molecule has 10 nitrogen and oxygen atoms in total. The fourth-order valence-corrected chi connectivity index (χ4v) is 4.50. The number of nitrogens with zero attached hydrogens (tertiary/aromatic N) is 2. The van der Waals surface area contributed by atoms with Gasteiger partial charge in [-0.05, 0) is 48.7 Å². The number of aromatic nitrogens is 1. The number of hydrogen-bond acceptors (Lipinski definition) is 6. The van der Waals surface area contributed by atoms with Crippen molar-refractivity contribution in [3.63, 3.8) is 0 Å². The van der Waals surface area contributed by atoms with Crippen LogP contribution in [0.2, 0.25) is 0 Å². The highest BCUT2D eigenvalue weighted by Gasteiger charge is 2.36. The van der Waals surface area contributed by atoms with E-state index in [2.05, 4.69) is 5.32 Å². The Morgan fingerprint density at radius 3 is 2.52 bits per heavy atom. The Labute approximate surface area is 189 Å². The third kappa shape index (κ3) is 4.90. The number of likely N-dealkylation sites (tertiary alicyclic amines) is 1. The predicted octanol–water partition coefficient (Wildman–Crippen LogP) is 1.16. The van der Waals surface area contributed by atoms with Gasteiger partial charge in [-0.25, -0.2) is 4.79 Å². The van der Waals surface area contributed by atoms with Crippen LogP contribution >= 0.6 is 0 Å². The summed E-state index contributed by atoms with van der Waals surface area (Å²) in [6.45, 7) is 0.546. The van der Waals surface area contributed by atoms with Crippen molar-refractivity contribution >= 4 is 23.5 Å². The first kappa shape index (κ1) is 22.5. The standard InChI is InChI=1S/C23H25N3O7/c1-32-17-4-2-15(3-5-17)22(30)24-18-6-7-19-16-8-14(10-26(19)23(18)31)9-25(11-16)20(27)12-33-13-21(28)29/h2-7,14,16H,8-13H2,1H3,(H,24,30)(H,28,29). The molecule has 2 bridgehead atoms. The number of anilines is 1. The molecule has 2 N–H and O–H groups in total. The molecule has 1 saturated heterocycles. The lowest BCUT2D eigenvalue weighted by Crippen LogP contribution is -2.50. The molecular weight excluding hydrogens is 430 g/mol. The molecule has 174 valence electrons. The van der Waals surface area contributed by atoms with Crippen molar-refractivity contribution in [1.82, 2.24) is 9.47 Å². The highest BCUT2D eigenvalue weighted by Crippen LogP contribution is 2.35. The number of carboxylic acid groups (broad SMARTS) is 1. The number of carboxylic acids is 1. The zero-order valence-corrected chi connectivity index (χ0v) is 18.2. The summed E-state index contributed by atoms with van der Waals surface area (Å²) in [6.07, 6.45) is 0.858. The summed E-state index contributed by atoms with van der Waals surface area (Å²) in [5, 5.41) is 11.3. The van der Waals surface area contributed by atoms with Crippen molar-refractivity contribution in [1.29, 1.82) is 0 Å². The number of piperidine rings is 1. The van der Waals surface area contributed by atoms with E-state index in [4.69, 9.17) is 14.6 Å². The highest BCUT2D eigenvalue weighted by molar-refractivity contribution is 6.04. The summed E-state index contributed by atoms with van der Waals surface area (Å²) in [6, 6.07) is 10.0. The molecular formula is C23H25N3O7. The summed E-state index contributed by atoms with van der Waals surface area (Å²) in [4.78, 5) is 50.4. The first-order valence-corrected chi connectivity index (χ1v) is 10.6. The van der Waals surface area contributed by atoms with Gasteiger partial charge in [0, 0.05) is 36.8 Å². The maximum absolute atomic E-state index is 13.1. The molecule has 33 heavy (non-hydrogen) atoms. The average Bonchev–Trinajstić information content (AvgIpc) is 2.80. The Hall–Kier alpha value is -3.66. The fourth-order valence-electron chi connectivity index (χ4n) is 4.50. The Balaban J connectivity index is 1.47. The van der Waals surface area contributed by atoms with Crippen molar-refractivity contribution in [2.45, 2.75) is 18.9 Å². The smallest absolute Gasteiger partial charge is 0.329 e. The molecule has 2 aromatic rings. The van der Waals surface area contributed by atoms with Gasteiger partial charge in [-0.15, -0.1) is 0 Å². The van der Waals surface area contributed by atoms with Crippen LogP contribution in [0.1, 0.15) is 28.4 Å². The molecule has 0 aliphatic carbocycles. The Morgan fingerprint density at radius 2 is 1.82 bits per heavy atom. The van der Waals surface area contributed by atoms with Crippen LogP contribution in [0.25, 0.3) is 0 Å². The summed E-state index contributed by atoms with van der Waals surface area (Å²) in [5.74, 6) is -1.06. The molecule has 0 saturated carbocycles. The largest absolute Gasteiger partial charge is 0.497 e. The van der Waals surface area contributed by atoms with E-state index in [0.717, 1.165) is 12.1 Å². The van der Waals surface area contributed by atoms with Crippen LogP contribution in [0.3, 0.4) is 0 Å². The number of benzene rings is 1. The van der Waals surface area contributed by atoms with Crippen molar-refractivity contribution in [3.8, 4) is 5.75 Å². The minimum Gasteiger partial charge on any atom is -0.497 e. The van der Waals surface area contributed by atoms with Gasteiger partial charge in [-0.3, -0.25) is 14.4 Å².